The maximum Gasteiger partial charge on any atom is 0.238 e. The average molecular weight is 371 g/mol. The molecule has 2 aromatic heterocycles. The fourth-order valence-corrected chi connectivity index (χ4v) is 4.54. The molecule has 1 aliphatic rings. The van der Waals surface area contributed by atoms with Crippen molar-refractivity contribution in [1.82, 2.24) is 20.0 Å². The van der Waals surface area contributed by atoms with Crippen molar-refractivity contribution in [2.45, 2.75) is 35.8 Å². The van der Waals surface area contributed by atoms with Gasteiger partial charge in [-0.25, -0.2) is 4.68 Å². The molecule has 1 atom stereocenters. The molecule has 1 aliphatic carbocycles. The van der Waals surface area contributed by atoms with Gasteiger partial charge in [-0.05, 0) is 38.3 Å². The third-order valence-electron chi connectivity index (χ3n) is 4.14. The summed E-state index contributed by atoms with van der Waals surface area (Å²) in [6.45, 7) is 1.88. The van der Waals surface area contributed by atoms with E-state index in [-0.39, 0.29) is 11.2 Å². The molecule has 4 rings (SSSR count). The van der Waals surface area contributed by atoms with Gasteiger partial charge in [-0.1, -0.05) is 41.3 Å². The van der Waals surface area contributed by atoms with Crippen molar-refractivity contribution in [3.8, 4) is 5.69 Å². The number of carbonyl (C=O) groups is 1. The van der Waals surface area contributed by atoms with E-state index in [4.69, 9.17) is 5.10 Å². The zero-order chi connectivity index (χ0) is 17.2. The van der Waals surface area contributed by atoms with Crippen LogP contribution < -0.4 is 5.32 Å². The Kier molecular flexibility index (Phi) is 4.54. The number of rotatable bonds is 5. The van der Waals surface area contributed by atoms with E-state index >= 15 is 0 Å². The van der Waals surface area contributed by atoms with Gasteiger partial charge < -0.3 is 5.32 Å². The first-order valence-corrected chi connectivity index (χ1v) is 9.88. The number of nitrogens with zero attached hydrogens (tertiary/aromatic N) is 4. The highest BCUT2D eigenvalue weighted by molar-refractivity contribution is 8.02. The molecule has 2 heterocycles. The summed E-state index contributed by atoms with van der Waals surface area (Å²) in [7, 11) is 0. The van der Waals surface area contributed by atoms with Crippen molar-refractivity contribution in [1.29, 1.82) is 0 Å². The number of thioether (sulfide) groups is 1. The van der Waals surface area contributed by atoms with Crippen molar-refractivity contribution in [2.24, 2.45) is 0 Å². The van der Waals surface area contributed by atoms with Crippen LogP contribution in [0.15, 0.2) is 40.2 Å². The predicted octanol–water partition coefficient (Wildman–Crippen LogP) is 3.33. The number of hydrogen-bond acceptors (Lipinski definition) is 6. The molecule has 0 fully saturated rings. The Hall–Kier alpha value is -2.19. The molecule has 128 valence electrons. The van der Waals surface area contributed by atoms with Crippen LogP contribution in [0.4, 0.5) is 5.82 Å². The zero-order valence-electron chi connectivity index (χ0n) is 13.7. The lowest BCUT2D eigenvalue weighted by molar-refractivity contribution is -0.115. The summed E-state index contributed by atoms with van der Waals surface area (Å²) in [6, 6.07) is 9.91. The Morgan fingerprint density at radius 2 is 2.16 bits per heavy atom. The van der Waals surface area contributed by atoms with Crippen LogP contribution in [-0.4, -0.2) is 31.1 Å². The molecule has 1 N–H and O–H groups in total. The second-order valence-corrected chi connectivity index (χ2v) is 8.25. The van der Waals surface area contributed by atoms with Gasteiger partial charge in [0.25, 0.3) is 0 Å². The number of benzene rings is 1. The molecule has 0 bridgehead atoms. The Labute approximate surface area is 153 Å². The highest BCUT2D eigenvalue weighted by Crippen LogP contribution is 2.32. The smallest absolute Gasteiger partial charge is 0.238 e. The maximum absolute atomic E-state index is 12.7. The van der Waals surface area contributed by atoms with Crippen LogP contribution in [0.25, 0.3) is 5.69 Å². The maximum atomic E-state index is 12.7. The van der Waals surface area contributed by atoms with Crippen LogP contribution in [0.1, 0.15) is 24.6 Å². The molecule has 1 amide bonds. The van der Waals surface area contributed by atoms with E-state index in [0.717, 1.165) is 46.4 Å². The first-order chi connectivity index (χ1) is 12.2. The fraction of sp³-hybridized carbons (Fsp3) is 0.294. The standard InChI is InChI=1S/C17H17N5OS2/c1-11(25-17-20-18-10-24-17)16(23)19-15-13-8-5-9-14(13)21-22(15)12-6-3-2-4-7-12/h2-4,6-7,10-11H,5,8-9H2,1H3,(H,19,23)/t11-/m1/s1. The molecular formula is C17H17N5OS2. The lowest BCUT2D eigenvalue weighted by Crippen LogP contribution is -2.24. The molecule has 0 aliphatic heterocycles. The Balaban J connectivity index is 1.60. The van der Waals surface area contributed by atoms with E-state index in [1.54, 1.807) is 5.51 Å². The lowest BCUT2D eigenvalue weighted by Gasteiger charge is -2.13. The van der Waals surface area contributed by atoms with Gasteiger partial charge in [0, 0.05) is 5.56 Å². The number of nitrogens with one attached hydrogen (secondary N) is 1. The van der Waals surface area contributed by atoms with Crippen molar-refractivity contribution >= 4 is 34.8 Å². The number of hydrogen-bond donors (Lipinski definition) is 1. The van der Waals surface area contributed by atoms with E-state index in [2.05, 4.69) is 15.5 Å². The zero-order valence-corrected chi connectivity index (χ0v) is 15.3. The molecule has 8 heteroatoms. The monoisotopic (exact) mass is 371 g/mol. The highest BCUT2D eigenvalue weighted by atomic mass is 32.2. The van der Waals surface area contributed by atoms with E-state index in [0.29, 0.717) is 0 Å². The van der Waals surface area contributed by atoms with Gasteiger partial charge in [0.15, 0.2) is 4.34 Å². The minimum Gasteiger partial charge on any atom is -0.309 e. The van der Waals surface area contributed by atoms with Gasteiger partial charge in [-0.3, -0.25) is 4.79 Å². The largest absolute Gasteiger partial charge is 0.309 e. The Bertz CT molecular complexity index is 876. The van der Waals surface area contributed by atoms with E-state index < -0.39 is 0 Å². The van der Waals surface area contributed by atoms with E-state index in [9.17, 15) is 4.79 Å². The number of aryl methyl sites for hydroxylation is 1. The molecular weight excluding hydrogens is 354 g/mol. The molecule has 0 unspecified atom stereocenters. The topological polar surface area (TPSA) is 72.7 Å². The third-order valence-corrected chi connectivity index (χ3v) is 6.05. The second-order valence-electron chi connectivity index (χ2n) is 5.83. The second kappa shape index (κ2) is 6.97. The van der Waals surface area contributed by atoms with Gasteiger partial charge in [0.1, 0.15) is 11.3 Å². The quantitative estimate of drug-likeness (QED) is 0.697. The summed E-state index contributed by atoms with van der Waals surface area (Å²) in [5.41, 5.74) is 4.87. The SMILES string of the molecule is C[C@@H](Sc1nncs1)C(=O)Nc1c2c(nn1-c1ccccc1)CCC2. The van der Waals surface area contributed by atoms with Crippen molar-refractivity contribution < 1.29 is 4.79 Å². The Morgan fingerprint density at radius 3 is 2.92 bits per heavy atom. The van der Waals surface area contributed by atoms with Crippen LogP contribution in [0, 0.1) is 0 Å². The number of aromatic nitrogens is 4. The fourth-order valence-electron chi connectivity index (χ4n) is 2.91. The third kappa shape index (κ3) is 3.32. The van der Waals surface area contributed by atoms with Crippen LogP contribution >= 0.6 is 23.1 Å². The van der Waals surface area contributed by atoms with Crippen molar-refractivity contribution in [3.05, 3.63) is 47.1 Å². The van der Waals surface area contributed by atoms with Crippen LogP contribution in [0.3, 0.4) is 0 Å². The van der Waals surface area contributed by atoms with Gasteiger partial charge in [0.2, 0.25) is 5.91 Å². The highest BCUT2D eigenvalue weighted by Gasteiger charge is 2.26. The number of para-hydroxylation sites is 1. The predicted molar refractivity (Wildman–Crippen MR) is 99.4 cm³/mol. The van der Waals surface area contributed by atoms with E-state index in [1.807, 2.05) is 41.9 Å². The van der Waals surface area contributed by atoms with E-state index in [1.165, 1.54) is 23.1 Å². The molecule has 0 saturated heterocycles. The number of anilines is 1. The number of amides is 1. The van der Waals surface area contributed by atoms with Gasteiger partial charge in [0.05, 0.1) is 16.6 Å². The van der Waals surface area contributed by atoms with Crippen LogP contribution in [-0.2, 0) is 17.6 Å². The number of fused-ring (bicyclic) bond motifs is 1. The van der Waals surface area contributed by atoms with Crippen LogP contribution in [0.5, 0.6) is 0 Å². The summed E-state index contributed by atoms with van der Waals surface area (Å²) in [4.78, 5) is 12.7. The molecule has 0 radical (unpaired) electrons. The molecule has 25 heavy (non-hydrogen) atoms. The van der Waals surface area contributed by atoms with Gasteiger partial charge >= 0.3 is 0 Å². The first-order valence-electron chi connectivity index (χ1n) is 8.12. The van der Waals surface area contributed by atoms with Crippen molar-refractivity contribution in [3.63, 3.8) is 0 Å². The first kappa shape index (κ1) is 16.3. The summed E-state index contributed by atoms with van der Waals surface area (Å²) in [6.07, 6.45) is 3.01. The molecule has 0 spiro atoms. The summed E-state index contributed by atoms with van der Waals surface area (Å²) in [5.74, 6) is 0.750. The van der Waals surface area contributed by atoms with Crippen molar-refractivity contribution in [2.75, 3.05) is 5.32 Å². The summed E-state index contributed by atoms with van der Waals surface area (Å²) < 4.78 is 2.65. The molecule has 6 nitrogen and oxygen atoms in total. The minimum atomic E-state index is -0.260. The summed E-state index contributed by atoms with van der Waals surface area (Å²) in [5, 5.41) is 15.4. The van der Waals surface area contributed by atoms with Gasteiger partial charge in [-0.2, -0.15) is 5.10 Å². The normalized spacial score (nSPS) is 14.3. The molecule has 3 aromatic rings. The Morgan fingerprint density at radius 1 is 1.32 bits per heavy atom. The lowest BCUT2D eigenvalue weighted by atomic mass is 10.2. The van der Waals surface area contributed by atoms with Gasteiger partial charge in [-0.15, -0.1) is 10.2 Å². The molecule has 0 saturated carbocycles. The average Bonchev–Trinajstić information content (AvgIpc) is 3.34. The number of carbonyl (C=O) groups excluding carboxylic acids is 1. The summed E-state index contributed by atoms with van der Waals surface area (Å²) >= 11 is 2.86. The van der Waals surface area contributed by atoms with Crippen LogP contribution in [0.2, 0.25) is 0 Å². The molecule has 1 aromatic carbocycles. The minimum absolute atomic E-state index is 0.0491.